The van der Waals surface area contributed by atoms with Crippen molar-refractivity contribution < 1.29 is 9.53 Å². The Kier molecular flexibility index (Phi) is 5.25. The number of thioether (sulfide) groups is 1. The van der Waals surface area contributed by atoms with Crippen LogP contribution in [0, 0.1) is 0 Å². The van der Waals surface area contributed by atoms with Gasteiger partial charge < -0.3 is 9.72 Å². The third kappa shape index (κ3) is 3.84. The van der Waals surface area contributed by atoms with Crippen molar-refractivity contribution >= 4 is 45.7 Å². The van der Waals surface area contributed by atoms with Gasteiger partial charge in [-0.2, -0.15) is 5.10 Å². The molecule has 0 aliphatic heterocycles. The summed E-state index contributed by atoms with van der Waals surface area (Å²) in [4.78, 5) is 19.7. The highest BCUT2D eigenvalue weighted by Gasteiger charge is 2.08. The second kappa shape index (κ2) is 8.14. The smallest absolute Gasteiger partial charge is 0.250 e. The molecule has 4 rings (SSSR count). The van der Waals surface area contributed by atoms with Crippen molar-refractivity contribution in [2.75, 3.05) is 12.9 Å². The van der Waals surface area contributed by atoms with Crippen LogP contribution in [0.15, 0.2) is 70.9 Å². The average molecular weight is 390 g/mol. The summed E-state index contributed by atoms with van der Waals surface area (Å²) in [5.41, 5.74) is 5.22. The summed E-state index contributed by atoms with van der Waals surface area (Å²) in [5, 5.41) is 6.90. The molecule has 0 aliphatic carbocycles. The van der Waals surface area contributed by atoms with Crippen molar-refractivity contribution in [2.45, 2.75) is 5.16 Å². The van der Waals surface area contributed by atoms with E-state index in [2.05, 4.69) is 20.5 Å². The van der Waals surface area contributed by atoms with Crippen LogP contribution in [0.3, 0.4) is 0 Å². The van der Waals surface area contributed by atoms with Crippen LogP contribution in [0.5, 0.6) is 5.75 Å². The Balaban J connectivity index is 1.42. The number of methoxy groups -OCH3 is 1. The van der Waals surface area contributed by atoms with Gasteiger partial charge in [-0.25, -0.2) is 10.4 Å². The molecule has 140 valence electrons. The third-order valence-corrected chi connectivity index (χ3v) is 5.11. The number of hydrogen-bond donors (Lipinski definition) is 2. The molecule has 2 N–H and O–H groups in total. The summed E-state index contributed by atoms with van der Waals surface area (Å²) in [6, 6.07) is 19.6. The van der Waals surface area contributed by atoms with Gasteiger partial charge in [0.15, 0.2) is 5.16 Å². The summed E-state index contributed by atoms with van der Waals surface area (Å²) < 4.78 is 5.42. The Morgan fingerprint density at radius 1 is 1.18 bits per heavy atom. The zero-order chi connectivity index (χ0) is 19.3. The van der Waals surface area contributed by atoms with Crippen LogP contribution in [-0.2, 0) is 4.79 Å². The van der Waals surface area contributed by atoms with E-state index in [4.69, 9.17) is 4.74 Å². The van der Waals surface area contributed by atoms with Gasteiger partial charge >= 0.3 is 0 Å². The highest BCUT2D eigenvalue weighted by Crippen LogP contribution is 2.26. The van der Waals surface area contributed by atoms with E-state index in [1.807, 2.05) is 60.7 Å². The number of aromatic amines is 1. The van der Waals surface area contributed by atoms with Gasteiger partial charge in [-0.3, -0.25) is 4.79 Å². The molecule has 0 radical (unpaired) electrons. The lowest BCUT2D eigenvalue weighted by Crippen LogP contribution is -2.19. The summed E-state index contributed by atoms with van der Waals surface area (Å²) >= 11 is 1.33. The van der Waals surface area contributed by atoms with E-state index < -0.39 is 0 Å². The molecule has 0 atom stereocenters. The van der Waals surface area contributed by atoms with Crippen molar-refractivity contribution in [3.63, 3.8) is 0 Å². The Morgan fingerprint density at radius 2 is 2.00 bits per heavy atom. The van der Waals surface area contributed by atoms with Crippen LogP contribution in [0.1, 0.15) is 5.56 Å². The maximum absolute atomic E-state index is 12.1. The van der Waals surface area contributed by atoms with Crippen molar-refractivity contribution in [1.82, 2.24) is 15.4 Å². The minimum atomic E-state index is -0.207. The van der Waals surface area contributed by atoms with Crippen LogP contribution in [0.4, 0.5) is 0 Å². The van der Waals surface area contributed by atoms with E-state index in [0.29, 0.717) is 10.9 Å². The summed E-state index contributed by atoms with van der Waals surface area (Å²) in [6.07, 6.45) is 1.62. The van der Waals surface area contributed by atoms with Crippen molar-refractivity contribution in [3.05, 3.63) is 66.2 Å². The number of hydrogen-bond acceptors (Lipinski definition) is 5. The Hall–Kier alpha value is -3.32. The molecule has 28 heavy (non-hydrogen) atoms. The number of hydrazone groups is 1. The normalized spacial score (nSPS) is 11.3. The van der Waals surface area contributed by atoms with E-state index in [-0.39, 0.29) is 11.7 Å². The van der Waals surface area contributed by atoms with Crippen LogP contribution in [-0.4, -0.2) is 35.0 Å². The Labute approximate surface area is 166 Å². The molecule has 0 saturated carbocycles. The predicted molar refractivity (Wildman–Crippen MR) is 113 cm³/mol. The van der Waals surface area contributed by atoms with E-state index in [1.165, 1.54) is 11.8 Å². The predicted octanol–water partition coefficient (Wildman–Crippen LogP) is 3.97. The lowest BCUT2D eigenvalue weighted by atomic mass is 10.0. The molecule has 0 spiro atoms. The zero-order valence-corrected chi connectivity index (χ0v) is 16.0. The van der Waals surface area contributed by atoms with Crippen LogP contribution in [0.2, 0.25) is 0 Å². The summed E-state index contributed by atoms with van der Waals surface area (Å²) in [7, 11) is 1.62. The zero-order valence-electron chi connectivity index (χ0n) is 15.2. The molecule has 1 heterocycles. The molecule has 1 amide bonds. The molecule has 7 heteroatoms. The standard InChI is InChI=1S/C21H18N4O2S/c1-27-19-11-10-14-6-2-3-7-15(14)16(19)12-22-25-20(26)13-28-21-23-17-8-4-5-9-18(17)24-21/h2-12H,13H2,1H3,(H,23,24)(H,25,26)/b22-12-. The van der Waals surface area contributed by atoms with Crippen molar-refractivity contribution in [3.8, 4) is 5.75 Å². The molecule has 0 bridgehead atoms. The van der Waals surface area contributed by atoms with Gasteiger partial charge in [-0.05, 0) is 29.0 Å². The number of rotatable bonds is 6. The molecule has 4 aromatic rings. The quantitative estimate of drug-likeness (QED) is 0.297. The summed E-state index contributed by atoms with van der Waals surface area (Å²) in [5.74, 6) is 0.707. The average Bonchev–Trinajstić information content (AvgIpc) is 3.15. The molecule has 1 aromatic heterocycles. The molecule has 6 nitrogen and oxygen atoms in total. The number of benzene rings is 3. The summed E-state index contributed by atoms with van der Waals surface area (Å²) in [6.45, 7) is 0. The first-order valence-corrected chi connectivity index (χ1v) is 9.68. The van der Waals surface area contributed by atoms with Gasteiger partial charge in [0, 0.05) is 5.56 Å². The number of H-pyrrole nitrogens is 1. The number of carbonyl (C=O) groups excluding carboxylic acids is 1. The van der Waals surface area contributed by atoms with E-state index >= 15 is 0 Å². The number of aromatic nitrogens is 2. The van der Waals surface area contributed by atoms with Gasteiger partial charge in [-0.1, -0.05) is 54.2 Å². The molecule has 0 fully saturated rings. The second-order valence-corrected chi connectivity index (χ2v) is 7.01. The van der Waals surface area contributed by atoms with Crippen molar-refractivity contribution in [2.24, 2.45) is 5.10 Å². The number of carbonyl (C=O) groups is 1. The number of ether oxygens (including phenoxy) is 1. The Morgan fingerprint density at radius 3 is 2.86 bits per heavy atom. The largest absolute Gasteiger partial charge is 0.496 e. The van der Waals surface area contributed by atoms with Crippen LogP contribution >= 0.6 is 11.8 Å². The fourth-order valence-electron chi connectivity index (χ4n) is 2.92. The lowest BCUT2D eigenvalue weighted by Gasteiger charge is -2.08. The van der Waals surface area contributed by atoms with Gasteiger partial charge in [-0.15, -0.1) is 0 Å². The fraction of sp³-hybridized carbons (Fsp3) is 0.0952. The van der Waals surface area contributed by atoms with Gasteiger partial charge in [0.25, 0.3) is 5.91 Å². The molecule has 3 aromatic carbocycles. The number of nitrogens with zero attached hydrogens (tertiary/aromatic N) is 2. The highest BCUT2D eigenvalue weighted by molar-refractivity contribution is 7.99. The molecule has 0 unspecified atom stereocenters. The molecule has 0 aliphatic rings. The molecule has 0 saturated heterocycles. The minimum absolute atomic E-state index is 0.207. The maximum atomic E-state index is 12.1. The van der Waals surface area contributed by atoms with Gasteiger partial charge in [0.2, 0.25) is 0 Å². The molecular formula is C21H18N4O2S. The lowest BCUT2D eigenvalue weighted by molar-refractivity contribution is -0.118. The van der Waals surface area contributed by atoms with Crippen molar-refractivity contribution in [1.29, 1.82) is 0 Å². The minimum Gasteiger partial charge on any atom is -0.496 e. The van der Waals surface area contributed by atoms with Gasteiger partial charge in [0.05, 0.1) is 30.1 Å². The molecular weight excluding hydrogens is 372 g/mol. The third-order valence-electron chi connectivity index (χ3n) is 4.24. The van der Waals surface area contributed by atoms with E-state index in [9.17, 15) is 4.79 Å². The van der Waals surface area contributed by atoms with E-state index in [0.717, 1.165) is 27.4 Å². The number of amides is 1. The van der Waals surface area contributed by atoms with Gasteiger partial charge in [0.1, 0.15) is 5.75 Å². The Bertz CT molecular complexity index is 1140. The first-order valence-electron chi connectivity index (χ1n) is 8.70. The van der Waals surface area contributed by atoms with Crippen LogP contribution < -0.4 is 10.2 Å². The number of nitrogens with one attached hydrogen (secondary N) is 2. The highest BCUT2D eigenvalue weighted by atomic mass is 32.2. The number of imidazole rings is 1. The monoisotopic (exact) mass is 390 g/mol. The van der Waals surface area contributed by atoms with Crippen LogP contribution in [0.25, 0.3) is 21.8 Å². The SMILES string of the molecule is COc1ccc2ccccc2c1/C=N\NC(=O)CSc1nc2ccccc2[nH]1. The first kappa shape index (κ1) is 18.1. The second-order valence-electron chi connectivity index (χ2n) is 6.04. The maximum Gasteiger partial charge on any atom is 0.250 e. The number of para-hydroxylation sites is 2. The number of fused-ring (bicyclic) bond motifs is 2. The fourth-order valence-corrected chi connectivity index (χ4v) is 3.60. The first-order chi connectivity index (χ1) is 13.7. The topological polar surface area (TPSA) is 79.4 Å². The van der Waals surface area contributed by atoms with E-state index in [1.54, 1.807) is 13.3 Å².